The van der Waals surface area contributed by atoms with Gasteiger partial charge in [-0.25, -0.2) is 9.59 Å². The summed E-state index contributed by atoms with van der Waals surface area (Å²) in [7, 11) is 0. The molecular formula is C23H28N2O6S. The normalized spacial score (nSPS) is 14.5. The number of nitrogens with zero attached hydrogens (tertiary/aromatic N) is 2. The van der Waals surface area contributed by atoms with Crippen LogP contribution < -0.4 is 4.90 Å². The van der Waals surface area contributed by atoms with Crippen molar-refractivity contribution in [2.45, 2.75) is 46.4 Å². The van der Waals surface area contributed by atoms with Gasteiger partial charge in [0.1, 0.15) is 22.5 Å². The van der Waals surface area contributed by atoms with Crippen LogP contribution >= 0.6 is 11.3 Å². The number of amides is 2. The minimum Gasteiger partial charge on any atom is -0.480 e. The first-order chi connectivity index (χ1) is 15.2. The minimum atomic E-state index is -1.10. The zero-order valence-corrected chi connectivity index (χ0v) is 19.5. The average Bonchev–Trinajstić information content (AvgIpc) is 3.06. The first kappa shape index (κ1) is 23.7. The van der Waals surface area contributed by atoms with Crippen molar-refractivity contribution in [2.75, 3.05) is 24.6 Å². The smallest absolute Gasteiger partial charge is 0.348 e. The lowest BCUT2D eigenvalue weighted by atomic mass is 10.1. The van der Waals surface area contributed by atoms with E-state index in [1.165, 1.54) is 21.1 Å². The van der Waals surface area contributed by atoms with Crippen LogP contribution in [0.2, 0.25) is 0 Å². The zero-order chi connectivity index (χ0) is 23.4. The second kappa shape index (κ2) is 10.1. The summed E-state index contributed by atoms with van der Waals surface area (Å²) >= 11 is 1.20. The number of rotatable bonds is 9. The second-order valence-corrected chi connectivity index (χ2v) is 8.79. The van der Waals surface area contributed by atoms with E-state index in [1.807, 2.05) is 44.2 Å². The maximum atomic E-state index is 13.3. The molecule has 0 spiro atoms. The number of fused-ring (bicyclic) bond motifs is 1. The van der Waals surface area contributed by atoms with Crippen molar-refractivity contribution in [3.05, 3.63) is 51.9 Å². The van der Waals surface area contributed by atoms with E-state index >= 15 is 0 Å². The Morgan fingerprint density at radius 1 is 1.22 bits per heavy atom. The van der Waals surface area contributed by atoms with E-state index in [2.05, 4.69) is 0 Å². The maximum absolute atomic E-state index is 13.3. The van der Waals surface area contributed by atoms with Gasteiger partial charge < -0.3 is 19.5 Å². The van der Waals surface area contributed by atoms with Crippen LogP contribution in [0.15, 0.2) is 30.3 Å². The van der Waals surface area contributed by atoms with Crippen molar-refractivity contribution in [3.8, 4) is 0 Å². The van der Waals surface area contributed by atoms with Crippen molar-refractivity contribution in [2.24, 2.45) is 0 Å². The molecule has 3 rings (SSSR count). The minimum absolute atomic E-state index is 0.0881. The largest absolute Gasteiger partial charge is 0.480 e. The lowest BCUT2D eigenvalue weighted by Crippen LogP contribution is -2.50. The zero-order valence-electron chi connectivity index (χ0n) is 18.7. The van der Waals surface area contributed by atoms with Gasteiger partial charge in [-0.1, -0.05) is 30.3 Å². The summed E-state index contributed by atoms with van der Waals surface area (Å²) in [6, 6.07) is 9.15. The van der Waals surface area contributed by atoms with Crippen LogP contribution in [0, 0.1) is 6.92 Å². The Morgan fingerprint density at radius 3 is 2.50 bits per heavy atom. The molecule has 1 atom stereocenters. The van der Waals surface area contributed by atoms with Crippen LogP contribution in [0.25, 0.3) is 0 Å². The van der Waals surface area contributed by atoms with Crippen molar-refractivity contribution < 1.29 is 29.0 Å². The van der Waals surface area contributed by atoms with Crippen LogP contribution in [-0.4, -0.2) is 53.8 Å². The second-order valence-electron chi connectivity index (χ2n) is 7.79. The molecule has 0 bridgehead atoms. The van der Waals surface area contributed by atoms with Crippen LogP contribution in [-0.2, 0) is 20.8 Å². The molecule has 1 aliphatic rings. The summed E-state index contributed by atoms with van der Waals surface area (Å²) in [5, 5.41) is 9.95. The molecule has 1 N–H and O–H groups in total. The quantitative estimate of drug-likeness (QED) is 0.563. The number of hydrogen-bond acceptors (Lipinski definition) is 6. The Morgan fingerprint density at radius 2 is 1.91 bits per heavy atom. The number of carbonyl (C=O) groups excluding carboxylic acids is 2. The van der Waals surface area contributed by atoms with Crippen LogP contribution in [0.1, 0.15) is 53.2 Å². The topological polar surface area (TPSA) is 96.4 Å². The van der Waals surface area contributed by atoms with Crippen LogP contribution in [0.4, 0.5) is 9.80 Å². The molecule has 2 amide bonds. The summed E-state index contributed by atoms with van der Waals surface area (Å²) in [6.07, 6.45) is -0.513. The highest BCUT2D eigenvalue weighted by atomic mass is 32.1. The molecule has 172 valence electrons. The van der Waals surface area contributed by atoms with Crippen molar-refractivity contribution in [3.63, 3.8) is 0 Å². The Labute approximate surface area is 191 Å². The third-order valence-corrected chi connectivity index (χ3v) is 6.43. The highest BCUT2D eigenvalue weighted by Gasteiger charge is 2.37. The highest BCUT2D eigenvalue weighted by molar-refractivity contribution is 7.18. The molecule has 2 heterocycles. The highest BCUT2D eigenvalue weighted by Crippen LogP contribution is 2.41. The van der Waals surface area contributed by atoms with E-state index in [0.29, 0.717) is 15.4 Å². The van der Waals surface area contributed by atoms with Gasteiger partial charge in [-0.05, 0) is 38.8 Å². The molecule has 32 heavy (non-hydrogen) atoms. The fourth-order valence-electron chi connectivity index (χ4n) is 3.68. The van der Waals surface area contributed by atoms with Gasteiger partial charge in [-0.2, -0.15) is 0 Å². The molecule has 0 saturated heterocycles. The number of carbonyl (C=O) groups is 3. The molecule has 1 aromatic carbocycles. The summed E-state index contributed by atoms with van der Waals surface area (Å²) < 4.78 is 11.3. The lowest BCUT2D eigenvalue weighted by molar-refractivity contribution is -0.137. The first-order valence-corrected chi connectivity index (χ1v) is 11.3. The van der Waals surface area contributed by atoms with Gasteiger partial charge in [0.15, 0.2) is 0 Å². The van der Waals surface area contributed by atoms with Crippen molar-refractivity contribution >= 4 is 34.3 Å². The lowest BCUT2D eigenvalue weighted by Gasteiger charge is -2.37. The molecule has 8 nitrogen and oxygen atoms in total. The van der Waals surface area contributed by atoms with E-state index in [4.69, 9.17) is 9.47 Å². The number of thiophene rings is 1. The molecule has 0 saturated carbocycles. The molecule has 1 aromatic heterocycles. The van der Waals surface area contributed by atoms with Crippen LogP contribution in [0.5, 0.6) is 0 Å². The fraction of sp³-hybridized carbons (Fsp3) is 0.435. The van der Waals surface area contributed by atoms with Gasteiger partial charge in [0.2, 0.25) is 0 Å². The first-order valence-electron chi connectivity index (χ1n) is 10.5. The Balaban J connectivity index is 2.04. The van der Waals surface area contributed by atoms with Gasteiger partial charge >= 0.3 is 18.0 Å². The van der Waals surface area contributed by atoms with Gasteiger partial charge in [-0.15, -0.1) is 11.3 Å². The fourth-order valence-corrected chi connectivity index (χ4v) is 4.90. The van der Waals surface area contributed by atoms with Crippen molar-refractivity contribution in [1.82, 2.24) is 4.90 Å². The third kappa shape index (κ3) is 5.11. The number of carboxylic acid groups (broad SMARTS) is 1. The Hall–Kier alpha value is -2.91. The van der Waals surface area contributed by atoms with Gasteiger partial charge in [0.25, 0.3) is 0 Å². The molecular weight excluding hydrogens is 432 g/mol. The molecule has 2 aromatic rings. The number of ether oxygens (including phenoxy) is 2. The predicted molar refractivity (Wildman–Crippen MR) is 121 cm³/mol. The summed E-state index contributed by atoms with van der Waals surface area (Å²) in [5.41, 5.74) is 2.37. The van der Waals surface area contributed by atoms with E-state index in [9.17, 15) is 19.5 Å². The summed E-state index contributed by atoms with van der Waals surface area (Å²) in [5.74, 6) is -1.54. The van der Waals surface area contributed by atoms with Gasteiger partial charge in [0, 0.05) is 5.56 Å². The Bertz CT molecular complexity index is 988. The molecule has 1 unspecified atom stereocenters. The maximum Gasteiger partial charge on any atom is 0.348 e. The van der Waals surface area contributed by atoms with Crippen molar-refractivity contribution in [1.29, 1.82) is 0 Å². The number of esters is 1. The van der Waals surface area contributed by atoms with E-state index in [1.54, 1.807) is 13.8 Å². The molecule has 0 fully saturated rings. The van der Waals surface area contributed by atoms with Gasteiger partial charge in [-0.3, -0.25) is 9.69 Å². The van der Waals surface area contributed by atoms with Crippen LogP contribution in [0.3, 0.4) is 0 Å². The number of urea groups is 1. The third-order valence-electron chi connectivity index (χ3n) is 5.09. The summed E-state index contributed by atoms with van der Waals surface area (Å²) in [6.45, 7) is 7.50. The number of benzene rings is 1. The van der Waals surface area contributed by atoms with Gasteiger partial charge in [0.05, 0.1) is 25.8 Å². The molecule has 1 aliphatic heterocycles. The number of anilines is 1. The van der Waals surface area contributed by atoms with E-state index in [-0.39, 0.29) is 25.8 Å². The number of aliphatic carboxylic acids is 1. The SMILES string of the molecule is CCOC(=O)c1sc2c(c1C)CN(CC(=O)O)C(=O)N2CC(OC(C)C)c1ccccc1. The standard InChI is InChI=1S/C23H28N2O6S/c1-5-30-22(28)20-15(4)17-11-24(13-19(26)27)23(29)25(21(17)32-20)12-18(31-14(2)3)16-9-7-6-8-10-16/h6-10,14,18H,5,11-13H2,1-4H3,(H,26,27). The predicted octanol–water partition coefficient (Wildman–Crippen LogP) is 4.23. The summed E-state index contributed by atoms with van der Waals surface area (Å²) in [4.78, 5) is 40.4. The van der Waals surface area contributed by atoms with E-state index in [0.717, 1.165) is 11.1 Å². The Kier molecular flexibility index (Phi) is 7.52. The molecule has 9 heteroatoms. The van der Waals surface area contributed by atoms with E-state index < -0.39 is 30.6 Å². The molecule has 0 radical (unpaired) electrons. The average molecular weight is 461 g/mol. The number of hydrogen-bond donors (Lipinski definition) is 1. The number of carboxylic acids is 1. The monoisotopic (exact) mass is 460 g/mol. The molecule has 0 aliphatic carbocycles.